The monoisotopic (exact) mass is 513 g/mol. The third kappa shape index (κ3) is 25.3. The van der Waals surface area contributed by atoms with E-state index in [0.29, 0.717) is 0 Å². The standard InChI is InChI=1S/C30H38O5.H3N.9H2/c1-3-5-7-9-11-13-14-15-17-19-21-23-25-30(33)35-28(26-31)27-34-29(32)24-22-20-18-16-12-10-8-6-4-2;;;;;;;;;;/h28,31H,3,5,7,9,11,13-15,17,19,21,23,25-27H2,1-2H3;1H3;9*1H/t28-;;;;;;;;;;/m0........../s1. The van der Waals surface area contributed by atoms with Crippen molar-refractivity contribution in [3.05, 3.63) is 0 Å². The van der Waals surface area contributed by atoms with Crippen LogP contribution in [0.3, 0.4) is 0 Å². The van der Waals surface area contributed by atoms with E-state index in [9.17, 15) is 14.7 Å². The van der Waals surface area contributed by atoms with Gasteiger partial charge in [-0.05, 0) is 60.7 Å². The number of aliphatic hydroxyl groups is 1. The Hall–Kier alpha value is -3.34. The summed E-state index contributed by atoms with van der Waals surface area (Å²) in [6.07, 6.45) is 14.0. The van der Waals surface area contributed by atoms with Gasteiger partial charge in [0.05, 0.1) is 6.61 Å². The second-order valence-corrected chi connectivity index (χ2v) is 7.91. The van der Waals surface area contributed by atoms with Gasteiger partial charge in [0.1, 0.15) is 6.61 Å². The van der Waals surface area contributed by atoms with Gasteiger partial charge in [-0.1, -0.05) is 83.5 Å². The molecule has 0 aliphatic heterocycles. The van der Waals surface area contributed by atoms with E-state index < -0.39 is 24.6 Å². The van der Waals surface area contributed by atoms with Gasteiger partial charge in [0.2, 0.25) is 0 Å². The lowest BCUT2D eigenvalue weighted by Gasteiger charge is -2.14. The number of rotatable bonds is 17. The van der Waals surface area contributed by atoms with E-state index in [1.807, 2.05) is 0 Å². The zero-order chi connectivity index (χ0) is 25.8. The fourth-order valence-electron chi connectivity index (χ4n) is 3.02. The summed E-state index contributed by atoms with van der Waals surface area (Å²) in [5.41, 5.74) is 0. The van der Waals surface area contributed by atoms with Crippen molar-refractivity contribution in [2.75, 3.05) is 13.2 Å². The highest BCUT2D eigenvalue weighted by atomic mass is 16.6. The van der Waals surface area contributed by atoms with E-state index in [0.717, 1.165) is 19.3 Å². The Labute approximate surface area is 231 Å². The van der Waals surface area contributed by atoms with Gasteiger partial charge in [0.25, 0.3) is 0 Å². The molecule has 6 heteroatoms. The summed E-state index contributed by atoms with van der Waals surface area (Å²) in [4.78, 5) is 23.5. The number of esters is 2. The molecule has 214 valence electrons. The van der Waals surface area contributed by atoms with Crippen molar-refractivity contribution in [2.24, 2.45) is 0 Å². The number of aliphatic hydroxyl groups excluding tert-OH is 1. The quantitative estimate of drug-likeness (QED) is 0.0944. The molecule has 0 aliphatic rings. The first kappa shape index (κ1) is 34.8. The van der Waals surface area contributed by atoms with Crippen LogP contribution in [0.25, 0.3) is 0 Å². The number of ether oxygens (including phenoxy) is 2. The molecule has 0 saturated heterocycles. The number of hydrogen-bond donors (Lipinski definition) is 2. The van der Waals surface area contributed by atoms with Crippen molar-refractivity contribution in [1.82, 2.24) is 6.15 Å². The predicted octanol–water partition coefficient (Wildman–Crippen LogP) is 6.94. The third-order valence-electron chi connectivity index (χ3n) is 4.86. The van der Waals surface area contributed by atoms with Crippen LogP contribution in [0.5, 0.6) is 0 Å². The van der Waals surface area contributed by atoms with Gasteiger partial charge < -0.3 is 20.7 Å². The summed E-state index contributed by atoms with van der Waals surface area (Å²) < 4.78 is 10.1. The molecule has 0 heterocycles. The Morgan fingerprint density at radius 3 is 1.72 bits per heavy atom. The van der Waals surface area contributed by atoms with Gasteiger partial charge in [0.15, 0.2) is 6.10 Å². The van der Waals surface area contributed by atoms with Crippen molar-refractivity contribution in [3.63, 3.8) is 0 Å². The molecule has 0 aromatic carbocycles. The molecule has 0 fully saturated rings. The lowest BCUT2D eigenvalue weighted by atomic mass is 10.0. The fraction of sp³-hybridized carbons (Fsp3) is 0.600. The largest absolute Gasteiger partial charge is 0.456 e. The topological polar surface area (TPSA) is 108 Å². The maximum absolute atomic E-state index is 11.9. The van der Waals surface area contributed by atoms with Crippen LogP contribution in [-0.4, -0.2) is 36.4 Å². The Bertz CT molecular complexity index is 946. The summed E-state index contributed by atoms with van der Waals surface area (Å²) in [5, 5.41) is 9.35. The molecule has 0 rings (SSSR count). The molecule has 36 heavy (non-hydrogen) atoms. The van der Waals surface area contributed by atoms with Gasteiger partial charge in [-0.2, -0.15) is 0 Å². The minimum absolute atomic E-state index is 0. The van der Waals surface area contributed by atoms with Crippen LogP contribution in [0.1, 0.15) is 110 Å². The van der Waals surface area contributed by atoms with Gasteiger partial charge in [0, 0.05) is 25.2 Å². The van der Waals surface area contributed by atoms with Crippen LogP contribution in [0, 0.1) is 59.2 Å². The second-order valence-electron chi connectivity index (χ2n) is 7.91. The SMILES string of the molecule is CC#CC#CC#CC#CC#CC(=O)OC[C@H](CO)OC(=O)CCCCCCCCCCCCCC.N.[HH].[HH].[HH].[HH].[HH].[HH].[HH].[HH].[HH]. The van der Waals surface area contributed by atoms with Crippen LogP contribution < -0.4 is 6.15 Å². The molecule has 0 amide bonds. The van der Waals surface area contributed by atoms with E-state index in [-0.39, 0.29) is 32.0 Å². The van der Waals surface area contributed by atoms with E-state index in [4.69, 9.17) is 9.47 Å². The predicted molar refractivity (Wildman–Crippen MR) is 162 cm³/mol. The minimum Gasteiger partial charge on any atom is -0.456 e. The zero-order valence-electron chi connectivity index (χ0n) is 22.0. The Morgan fingerprint density at radius 2 is 1.22 bits per heavy atom. The molecule has 4 N–H and O–H groups in total. The summed E-state index contributed by atoms with van der Waals surface area (Å²) >= 11 is 0. The van der Waals surface area contributed by atoms with Crippen LogP contribution >= 0.6 is 0 Å². The lowest BCUT2D eigenvalue weighted by Crippen LogP contribution is -2.28. The molecule has 0 radical (unpaired) electrons. The molecular formula is C30H59NO5. The molecule has 0 spiro atoms. The maximum atomic E-state index is 11.9. The first-order valence-corrected chi connectivity index (χ1v) is 12.5. The third-order valence-corrected chi connectivity index (χ3v) is 4.86. The summed E-state index contributed by atoms with van der Waals surface area (Å²) in [5.74, 6) is 23.1. The number of unbranched alkanes of at least 4 members (excludes halogenated alkanes) is 11. The van der Waals surface area contributed by atoms with E-state index in [2.05, 4.69) is 66.1 Å². The number of carbonyl (C=O) groups is 2. The van der Waals surface area contributed by atoms with E-state index in [1.165, 1.54) is 57.8 Å². The van der Waals surface area contributed by atoms with Crippen molar-refractivity contribution in [3.8, 4) is 59.2 Å². The second kappa shape index (κ2) is 27.9. The van der Waals surface area contributed by atoms with Gasteiger partial charge >= 0.3 is 11.9 Å². The van der Waals surface area contributed by atoms with Crippen LogP contribution in [0.2, 0.25) is 0 Å². The molecule has 0 bridgehead atoms. The highest BCUT2D eigenvalue weighted by Crippen LogP contribution is 2.12. The zero-order valence-corrected chi connectivity index (χ0v) is 22.0. The average Bonchev–Trinajstić information content (AvgIpc) is 2.86. The molecular weight excluding hydrogens is 454 g/mol. The van der Waals surface area contributed by atoms with Crippen molar-refractivity contribution in [1.29, 1.82) is 0 Å². The lowest BCUT2D eigenvalue weighted by molar-refractivity contribution is -0.159. The van der Waals surface area contributed by atoms with Gasteiger partial charge in [-0.15, -0.1) is 0 Å². The maximum Gasteiger partial charge on any atom is 0.385 e. The highest BCUT2D eigenvalue weighted by Gasteiger charge is 2.15. The number of carbonyl (C=O) groups excluding carboxylic acids is 2. The molecule has 1 atom stereocenters. The van der Waals surface area contributed by atoms with Crippen LogP contribution in [0.4, 0.5) is 0 Å². The van der Waals surface area contributed by atoms with Crippen molar-refractivity contribution >= 4 is 11.9 Å². The Morgan fingerprint density at radius 1 is 0.750 bits per heavy atom. The first-order valence-electron chi connectivity index (χ1n) is 12.5. The van der Waals surface area contributed by atoms with E-state index in [1.54, 1.807) is 6.92 Å². The fourth-order valence-corrected chi connectivity index (χ4v) is 3.02. The summed E-state index contributed by atoms with van der Waals surface area (Å²) in [7, 11) is 0. The summed E-state index contributed by atoms with van der Waals surface area (Å²) in [6, 6.07) is 0. The molecule has 0 unspecified atom stereocenters. The highest BCUT2D eigenvalue weighted by molar-refractivity contribution is 5.89. The molecule has 0 aromatic heterocycles. The molecule has 6 nitrogen and oxygen atoms in total. The normalized spacial score (nSPS) is 9.42. The smallest absolute Gasteiger partial charge is 0.385 e. The average molecular weight is 514 g/mol. The minimum atomic E-state index is -0.910. The van der Waals surface area contributed by atoms with E-state index >= 15 is 0 Å². The Kier molecular flexibility index (Phi) is 27.0. The van der Waals surface area contributed by atoms with Gasteiger partial charge in [-0.3, -0.25) is 4.79 Å². The molecule has 0 aromatic rings. The van der Waals surface area contributed by atoms with Crippen molar-refractivity contribution < 1.29 is 37.0 Å². The van der Waals surface area contributed by atoms with Crippen LogP contribution in [-0.2, 0) is 19.1 Å². The van der Waals surface area contributed by atoms with Crippen molar-refractivity contribution in [2.45, 2.75) is 103 Å². The van der Waals surface area contributed by atoms with Gasteiger partial charge in [-0.25, -0.2) is 4.79 Å². The first-order chi connectivity index (χ1) is 17.1. The molecule has 0 aliphatic carbocycles. The Balaban J connectivity index is -0.000000128. The number of hydrogen-bond acceptors (Lipinski definition) is 6. The van der Waals surface area contributed by atoms with Crippen LogP contribution in [0.15, 0.2) is 0 Å². The molecule has 0 saturated carbocycles. The summed E-state index contributed by atoms with van der Waals surface area (Å²) in [6.45, 7) is 3.20.